The minimum atomic E-state index is -0.443. The number of methoxy groups -OCH3 is 2. The van der Waals surface area contributed by atoms with Crippen molar-refractivity contribution in [3.05, 3.63) is 86.7 Å². The Labute approximate surface area is 223 Å². The number of carbonyl (C=O) groups is 1. The number of carbonyl (C=O) groups excluding carboxylic acids is 1. The molecule has 0 bridgehead atoms. The Bertz CT molecular complexity index is 1460. The Morgan fingerprint density at radius 2 is 1.72 bits per heavy atom. The molecule has 1 amide bonds. The van der Waals surface area contributed by atoms with Crippen LogP contribution < -0.4 is 14.2 Å². The van der Waals surface area contributed by atoms with Crippen LogP contribution >= 0.6 is 34.8 Å². The molecule has 4 aromatic rings. The van der Waals surface area contributed by atoms with Crippen molar-refractivity contribution < 1.29 is 19.0 Å². The highest BCUT2D eigenvalue weighted by Crippen LogP contribution is 2.39. The molecule has 2 aromatic heterocycles. The van der Waals surface area contributed by atoms with Crippen molar-refractivity contribution in [2.45, 2.75) is 12.5 Å². The lowest BCUT2D eigenvalue weighted by atomic mass is 9.95. The van der Waals surface area contributed by atoms with E-state index < -0.39 is 6.04 Å². The maximum atomic E-state index is 13.6. The Morgan fingerprint density at radius 1 is 0.972 bits per heavy atom. The van der Waals surface area contributed by atoms with Gasteiger partial charge < -0.3 is 23.5 Å². The van der Waals surface area contributed by atoms with Crippen LogP contribution in [-0.4, -0.2) is 47.6 Å². The predicted molar refractivity (Wildman–Crippen MR) is 139 cm³/mol. The molecule has 36 heavy (non-hydrogen) atoms. The molecule has 7 nitrogen and oxygen atoms in total. The number of rotatable bonds is 6. The standard InChI is InChI=1S/C26H22Cl3N3O4/c1-34-21-5-3-15(11-22(21)35-2)25-26-19(30-23-13-17(28)7-9-31(23)26)8-10-32(25)24(33)14-36-20-6-4-16(27)12-18(20)29/h3-7,9,11-13,25H,8,10,14H2,1-2H3. The SMILES string of the molecule is COc1ccc(C2c3c(nc4cc(Cl)ccn34)CCN2C(=O)COc2ccc(Cl)cc2Cl)cc1OC. The van der Waals surface area contributed by atoms with Gasteiger partial charge in [-0.25, -0.2) is 4.98 Å². The molecular formula is C26H22Cl3N3O4. The van der Waals surface area contributed by atoms with Gasteiger partial charge in [0.1, 0.15) is 11.4 Å². The van der Waals surface area contributed by atoms with Gasteiger partial charge in [-0.05, 0) is 42.0 Å². The molecule has 1 atom stereocenters. The van der Waals surface area contributed by atoms with Gasteiger partial charge in [0.2, 0.25) is 0 Å². The number of nitrogens with zero attached hydrogens (tertiary/aromatic N) is 3. The maximum absolute atomic E-state index is 13.6. The molecule has 186 valence electrons. The number of amides is 1. The summed E-state index contributed by atoms with van der Waals surface area (Å²) in [7, 11) is 3.16. The van der Waals surface area contributed by atoms with Crippen LogP contribution in [0.15, 0.2) is 54.7 Å². The second-order valence-corrected chi connectivity index (χ2v) is 9.51. The van der Waals surface area contributed by atoms with E-state index in [2.05, 4.69) is 0 Å². The van der Waals surface area contributed by atoms with Gasteiger partial charge >= 0.3 is 0 Å². The fraction of sp³-hybridized carbons (Fsp3) is 0.231. The normalized spacial score (nSPS) is 15.0. The van der Waals surface area contributed by atoms with Crippen LogP contribution in [0.2, 0.25) is 15.1 Å². The lowest BCUT2D eigenvalue weighted by Gasteiger charge is -2.36. The highest BCUT2D eigenvalue weighted by molar-refractivity contribution is 6.35. The number of halogens is 3. The fourth-order valence-corrected chi connectivity index (χ4v) is 5.13. The zero-order valence-corrected chi connectivity index (χ0v) is 21.8. The topological polar surface area (TPSA) is 65.3 Å². The molecule has 0 spiro atoms. The maximum Gasteiger partial charge on any atom is 0.261 e. The summed E-state index contributed by atoms with van der Waals surface area (Å²) >= 11 is 18.4. The van der Waals surface area contributed by atoms with E-state index in [4.69, 9.17) is 54.0 Å². The van der Waals surface area contributed by atoms with Crippen LogP contribution in [0, 0.1) is 0 Å². The number of hydrogen-bond donors (Lipinski definition) is 0. The minimum Gasteiger partial charge on any atom is -0.493 e. The molecule has 0 saturated carbocycles. The first-order valence-corrected chi connectivity index (χ1v) is 12.3. The third kappa shape index (κ3) is 4.54. The van der Waals surface area contributed by atoms with E-state index in [1.165, 1.54) is 0 Å². The Morgan fingerprint density at radius 3 is 2.47 bits per heavy atom. The van der Waals surface area contributed by atoms with E-state index in [9.17, 15) is 4.79 Å². The summed E-state index contributed by atoms with van der Waals surface area (Å²) in [4.78, 5) is 20.1. The number of ether oxygens (including phenoxy) is 3. The zero-order chi connectivity index (χ0) is 25.4. The average molecular weight is 547 g/mol. The molecule has 0 fully saturated rings. The first kappa shape index (κ1) is 24.6. The molecule has 3 heterocycles. The van der Waals surface area contributed by atoms with Crippen molar-refractivity contribution in [3.8, 4) is 17.2 Å². The monoisotopic (exact) mass is 545 g/mol. The molecule has 2 aromatic carbocycles. The van der Waals surface area contributed by atoms with Crippen LogP contribution in [-0.2, 0) is 11.2 Å². The third-order valence-electron chi connectivity index (χ3n) is 6.15. The van der Waals surface area contributed by atoms with Crippen molar-refractivity contribution >= 4 is 46.4 Å². The molecule has 5 rings (SSSR count). The lowest BCUT2D eigenvalue weighted by molar-refractivity contribution is -0.135. The van der Waals surface area contributed by atoms with E-state index >= 15 is 0 Å². The summed E-state index contributed by atoms with van der Waals surface area (Å²) in [5, 5.41) is 1.42. The van der Waals surface area contributed by atoms with E-state index in [1.807, 2.05) is 34.9 Å². The van der Waals surface area contributed by atoms with E-state index in [0.29, 0.717) is 45.3 Å². The smallest absolute Gasteiger partial charge is 0.261 e. The van der Waals surface area contributed by atoms with Crippen molar-refractivity contribution in [1.29, 1.82) is 0 Å². The average Bonchev–Trinajstić information content (AvgIpc) is 3.24. The number of imidazole rings is 1. The van der Waals surface area contributed by atoms with Gasteiger partial charge in [0.15, 0.2) is 18.1 Å². The first-order chi connectivity index (χ1) is 17.4. The van der Waals surface area contributed by atoms with Gasteiger partial charge in [0.05, 0.1) is 36.7 Å². The number of pyridine rings is 1. The Hall–Kier alpha value is -3.13. The molecular weight excluding hydrogens is 525 g/mol. The molecule has 10 heteroatoms. The first-order valence-electron chi connectivity index (χ1n) is 11.1. The molecule has 0 radical (unpaired) electrons. The van der Waals surface area contributed by atoms with Gasteiger partial charge in [-0.2, -0.15) is 0 Å². The van der Waals surface area contributed by atoms with Crippen molar-refractivity contribution in [1.82, 2.24) is 14.3 Å². The largest absolute Gasteiger partial charge is 0.493 e. The van der Waals surface area contributed by atoms with Gasteiger partial charge in [-0.15, -0.1) is 0 Å². The van der Waals surface area contributed by atoms with Crippen LogP contribution in [0.5, 0.6) is 17.2 Å². The summed E-state index contributed by atoms with van der Waals surface area (Å²) in [6.45, 7) is 0.267. The van der Waals surface area contributed by atoms with Crippen LogP contribution in [0.1, 0.15) is 23.0 Å². The van der Waals surface area contributed by atoms with Gasteiger partial charge in [-0.1, -0.05) is 40.9 Å². The summed E-state index contributed by atoms with van der Waals surface area (Å²) < 4.78 is 18.7. The van der Waals surface area contributed by atoms with Crippen LogP contribution in [0.25, 0.3) is 5.65 Å². The number of benzene rings is 2. The van der Waals surface area contributed by atoms with Gasteiger partial charge in [0.25, 0.3) is 5.91 Å². The zero-order valence-electron chi connectivity index (χ0n) is 19.5. The minimum absolute atomic E-state index is 0.191. The van der Waals surface area contributed by atoms with Crippen LogP contribution in [0.3, 0.4) is 0 Å². The molecule has 0 aliphatic carbocycles. The summed E-state index contributed by atoms with van der Waals surface area (Å²) in [5.74, 6) is 1.35. The molecule has 1 unspecified atom stereocenters. The second-order valence-electron chi connectivity index (χ2n) is 8.23. The second kappa shape index (κ2) is 10.1. The fourth-order valence-electron chi connectivity index (χ4n) is 4.51. The summed E-state index contributed by atoms with van der Waals surface area (Å²) in [6.07, 6.45) is 2.46. The van der Waals surface area contributed by atoms with Crippen molar-refractivity contribution in [3.63, 3.8) is 0 Å². The number of hydrogen-bond acceptors (Lipinski definition) is 5. The van der Waals surface area contributed by atoms with Gasteiger partial charge in [0, 0.05) is 35.3 Å². The molecule has 0 N–H and O–H groups in total. The lowest BCUT2D eigenvalue weighted by Crippen LogP contribution is -2.43. The summed E-state index contributed by atoms with van der Waals surface area (Å²) in [6, 6.07) is 13.7. The quantitative estimate of drug-likeness (QED) is 0.303. The third-order valence-corrected chi connectivity index (χ3v) is 6.92. The molecule has 0 saturated heterocycles. The van der Waals surface area contributed by atoms with Crippen LogP contribution in [0.4, 0.5) is 0 Å². The number of fused-ring (bicyclic) bond motifs is 3. The Kier molecular flexibility index (Phi) is 6.88. The summed E-state index contributed by atoms with van der Waals surface area (Å²) in [5.41, 5.74) is 3.36. The number of aromatic nitrogens is 2. The highest BCUT2D eigenvalue weighted by Gasteiger charge is 2.36. The predicted octanol–water partition coefficient (Wildman–Crippen LogP) is 5.86. The Balaban J connectivity index is 1.55. The van der Waals surface area contributed by atoms with E-state index in [-0.39, 0.29) is 12.5 Å². The van der Waals surface area contributed by atoms with Crippen molar-refractivity contribution in [2.24, 2.45) is 0 Å². The molecule has 1 aliphatic heterocycles. The van der Waals surface area contributed by atoms with E-state index in [0.717, 1.165) is 22.6 Å². The van der Waals surface area contributed by atoms with Gasteiger partial charge in [-0.3, -0.25) is 4.79 Å². The highest BCUT2D eigenvalue weighted by atomic mass is 35.5. The van der Waals surface area contributed by atoms with E-state index in [1.54, 1.807) is 43.4 Å². The van der Waals surface area contributed by atoms with Crippen molar-refractivity contribution in [2.75, 3.05) is 27.4 Å². The molecule has 1 aliphatic rings.